The summed E-state index contributed by atoms with van der Waals surface area (Å²) in [5.74, 6) is 3.47. The van der Waals surface area contributed by atoms with Gasteiger partial charge in [-0.1, -0.05) is 5.16 Å². The lowest BCUT2D eigenvalue weighted by Crippen LogP contribution is -2.42. The quantitative estimate of drug-likeness (QED) is 0.650. The Morgan fingerprint density at radius 2 is 2.21 bits per heavy atom. The highest BCUT2D eigenvalue weighted by Gasteiger charge is 2.24. The molecule has 2 N–H and O–H groups in total. The highest BCUT2D eigenvalue weighted by Crippen LogP contribution is 2.22. The van der Waals surface area contributed by atoms with Gasteiger partial charge >= 0.3 is 0 Å². The van der Waals surface area contributed by atoms with Gasteiger partial charge in [-0.2, -0.15) is 5.10 Å². The van der Waals surface area contributed by atoms with E-state index in [0.29, 0.717) is 0 Å². The molecular weight excluding hydrogens is 306 g/mol. The molecule has 0 bridgehead atoms. The molecule has 0 saturated carbocycles. The van der Waals surface area contributed by atoms with Crippen LogP contribution in [0.25, 0.3) is 0 Å². The van der Waals surface area contributed by atoms with Crippen LogP contribution in [-0.2, 0) is 13.0 Å². The summed E-state index contributed by atoms with van der Waals surface area (Å²) in [5, 5.41) is 15.2. The molecule has 0 amide bonds. The van der Waals surface area contributed by atoms with Crippen LogP contribution in [-0.4, -0.2) is 39.5 Å². The van der Waals surface area contributed by atoms with Crippen molar-refractivity contribution in [2.24, 2.45) is 4.99 Å². The first-order valence-electron chi connectivity index (χ1n) is 8.38. The number of nitrogens with zero attached hydrogens (tertiary/aromatic N) is 5. The lowest BCUT2D eigenvalue weighted by Gasteiger charge is -2.25. The number of aryl methyl sites for hydroxylation is 4. The maximum atomic E-state index is 5.20. The van der Waals surface area contributed by atoms with Crippen LogP contribution in [0.1, 0.15) is 47.5 Å². The van der Waals surface area contributed by atoms with E-state index in [4.69, 9.17) is 4.52 Å². The Kier molecular flexibility index (Phi) is 4.82. The molecule has 24 heavy (non-hydrogen) atoms. The molecule has 8 heteroatoms. The number of hydrogen-bond acceptors (Lipinski definition) is 5. The largest absolute Gasteiger partial charge is 0.361 e. The molecule has 1 unspecified atom stereocenters. The van der Waals surface area contributed by atoms with E-state index in [1.165, 1.54) is 0 Å². The van der Waals surface area contributed by atoms with Gasteiger partial charge in [-0.15, -0.1) is 0 Å². The predicted molar refractivity (Wildman–Crippen MR) is 90.9 cm³/mol. The van der Waals surface area contributed by atoms with Crippen LogP contribution in [0, 0.1) is 20.8 Å². The highest BCUT2D eigenvalue weighted by molar-refractivity contribution is 5.80. The van der Waals surface area contributed by atoms with E-state index in [9.17, 15) is 0 Å². The third-order valence-corrected chi connectivity index (χ3v) is 4.36. The molecule has 0 saturated heterocycles. The van der Waals surface area contributed by atoms with E-state index in [2.05, 4.69) is 30.9 Å². The van der Waals surface area contributed by atoms with Gasteiger partial charge in [0.15, 0.2) is 5.96 Å². The van der Waals surface area contributed by atoms with Crippen molar-refractivity contribution in [1.82, 2.24) is 30.6 Å². The minimum atomic E-state index is 0.144. The summed E-state index contributed by atoms with van der Waals surface area (Å²) in [4.78, 5) is 8.87. The van der Waals surface area contributed by atoms with E-state index in [0.717, 1.165) is 67.0 Å². The standard InChI is InChI=1S/C16H25N7O/c1-10-13(11(2)24-22-10)7-8-18-16(17-4)20-14-6-5-9-23-15(14)19-12(3)21-23/h14H,5-9H2,1-4H3,(H2,17,18,20). The Hall–Kier alpha value is -2.38. The number of nitrogens with one attached hydrogen (secondary N) is 2. The minimum Gasteiger partial charge on any atom is -0.361 e. The molecule has 3 heterocycles. The number of aromatic nitrogens is 4. The van der Waals surface area contributed by atoms with Crippen LogP contribution in [0.3, 0.4) is 0 Å². The molecular formula is C16H25N7O. The molecule has 0 fully saturated rings. The van der Waals surface area contributed by atoms with Gasteiger partial charge in [0.25, 0.3) is 0 Å². The second-order valence-electron chi connectivity index (χ2n) is 6.13. The maximum Gasteiger partial charge on any atom is 0.191 e. The third kappa shape index (κ3) is 3.42. The van der Waals surface area contributed by atoms with Crippen molar-refractivity contribution in [2.45, 2.75) is 52.6 Å². The molecule has 0 spiro atoms. The Labute approximate surface area is 141 Å². The summed E-state index contributed by atoms with van der Waals surface area (Å²) >= 11 is 0. The van der Waals surface area contributed by atoms with Crippen LogP contribution in [0.2, 0.25) is 0 Å². The zero-order valence-electron chi connectivity index (χ0n) is 14.8. The normalized spacial score (nSPS) is 17.7. The topological polar surface area (TPSA) is 93.2 Å². The van der Waals surface area contributed by atoms with Crippen molar-refractivity contribution < 1.29 is 4.52 Å². The molecule has 0 aromatic carbocycles. The SMILES string of the molecule is CN=C(NCCc1c(C)noc1C)NC1CCCn2nc(C)nc21. The summed E-state index contributed by atoms with van der Waals surface area (Å²) in [6.45, 7) is 7.54. The van der Waals surface area contributed by atoms with Gasteiger partial charge in [0.05, 0.1) is 11.7 Å². The van der Waals surface area contributed by atoms with Crippen molar-refractivity contribution in [3.63, 3.8) is 0 Å². The van der Waals surface area contributed by atoms with Gasteiger partial charge < -0.3 is 15.2 Å². The second-order valence-corrected chi connectivity index (χ2v) is 6.13. The van der Waals surface area contributed by atoms with E-state index >= 15 is 0 Å². The molecule has 8 nitrogen and oxygen atoms in total. The van der Waals surface area contributed by atoms with Gasteiger partial charge in [0.1, 0.15) is 17.4 Å². The van der Waals surface area contributed by atoms with Gasteiger partial charge in [0.2, 0.25) is 0 Å². The lowest BCUT2D eigenvalue weighted by molar-refractivity contribution is 0.392. The van der Waals surface area contributed by atoms with Gasteiger partial charge in [-0.25, -0.2) is 9.67 Å². The van der Waals surface area contributed by atoms with Crippen molar-refractivity contribution >= 4 is 5.96 Å². The van der Waals surface area contributed by atoms with Crippen LogP contribution >= 0.6 is 0 Å². The molecule has 130 valence electrons. The molecule has 0 radical (unpaired) electrons. The Morgan fingerprint density at radius 1 is 1.38 bits per heavy atom. The average Bonchev–Trinajstić information content (AvgIpc) is 3.10. The van der Waals surface area contributed by atoms with Crippen molar-refractivity contribution in [2.75, 3.05) is 13.6 Å². The average molecular weight is 331 g/mol. The molecule has 2 aromatic heterocycles. The number of hydrogen-bond donors (Lipinski definition) is 2. The molecule has 1 aliphatic heterocycles. The van der Waals surface area contributed by atoms with Crippen LogP contribution < -0.4 is 10.6 Å². The Balaban J connectivity index is 1.58. The summed E-state index contributed by atoms with van der Waals surface area (Å²) < 4.78 is 7.19. The minimum absolute atomic E-state index is 0.144. The van der Waals surface area contributed by atoms with Crippen molar-refractivity contribution in [1.29, 1.82) is 0 Å². The van der Waals surface area contributed by atoms with Crippen molar-refractivity contribution in [3.05, 3.63) is 28.7 Å². The van der Waals surface area contributed by atoms with Crippen LogP contribution in [0.15, 0.2) is 9.52 Å². The lowest BCUT2D eigenvalue weighted by atomic mass is 10.1. The Bertz CT molecular complexity index is 711. The molecule has 0 aliphatic carbocycles. The summed E-state index contributed by atoms with van der Waals surface area (Å²) in [5.41, 5.74) is 2.11. The van der Waals surface area contributed by atoms with Crippen LogP contribution in [0.4, 0.5) is 0 Å². The number of aliphatic imine (C=N–C) groups is 1. The number of rotatable bonds is 4. The Morgan fingerprint density at radius 3 is 2.92 bits per heavy atom. The fourth-order valence-corrected chi connectivity index (χ4v) is 3.13. The molecule has 1 aliphatic rings. The highest BCUT2D eigenvalue weighted by atomic mass is 16.5. The van der Waals surface area contributed by atoms with E-state index in [1.807, 2.05) is 25.5 Å². The zero-order chi connectivity index (χ0) is 17.1. The van der Waals surface area contributed by atoms with Gasteiger partial charge in [0, 0.05) is 25.7 Å². The van der Waals surface area contributed by atoms with E-state index in [1.54, 1.807) is 7.05 Å². The zero-order valence-corrected chi connectivity index (χ0v) is 14.8. The van der Waals surface area contributed by atoms with Gasteiger partial charge in [-0.05, 0) is 40.0 Å². The van der Waals surface area contributed by atoms with E-state index in [-0.39, 0.29) is 6.04 Å². The first kappa shape index (κ1) is 16.5. The first-order chi connectivity index (χ1) is 11.6. The predicted octanol–water partition coefficient (Wildman–Crippen LogP) is 1.43. The smallest absolute Gasteiger partial charge is 0.191 e. The summed E-state index contributed by atoms with van der Waals surface area (Å²) in [7, 11) is 1.78. The van der Waals surface area contributed by atoms with Crippen LogP contribution in [0.5, 0.6) is 0 Å². The summed E-state index contributed by atoms with van der Waals surface area (Å²) in [6, 6.07) is 0.144. The molecule has 3 rings (SSSR count). The second kappa shape index (κ2) is 7.02. The molecule has 2 aromatic rings. The van der Waals surface area contributed by atoms with Crippen molar-refractivity contribution in [3.8, 4) is 0 Å². The fraction of sp³-hybridized carbons (Fsp3) is 0.625. The van der Waals surface area contributed by atoms with E-state index < -0.39 is 0 Å². The third-order valence-electron chi connectivity index (χ3n) is 4.36. The number of fused-ring (bicyclic) bond motifs is 1. The monoisotopic (exact) mass is 331 g/mol. The van der Waals surface area contributed by atoms with Gasteiger partial charge in [-0.3, -0.25) is 4.99 Å². The molecule has 1 atom stereocenters. The first-order valence-corrected chi connectivity index (χ1v) is 8.38. The summed E-state index contributed by atoms with van der Waals surface area (Å²) in [6.07, 6.45) is 2.97. The number of guanidine groups is 1. The fourth-order valence-electron chi connectivity index (χ4n) is 3.13. The maximum absolute atomic E-state index is 5.20.